The second-order valence-electron chi connectivity index (χ2n) is 5.40. The number of Topliss-reactive ketones (excluding diaryl/α,β-unsaturated/α-hetero) is 1. The van der Waals surface area contributed by atoms with E-state index in [1.165, 1.54) is 7.11 Å². The highest BCUT2D eigenvalue weighted by Crippen LogP contribution is 2.24. The summed E-state index contributed by atoms with van der Waals surface area (Å²) < 4.78 is 13.0. The van der Waals surface area contributed by atoms with Gasteiger partial charge in [-0.2, -0.15) is 0 Å². The number of benzene rings is 1. The molecule has 0 bridgehead atoms. The Morgan fingerprint density at radius 2 is 1.92 bits per heavy atom. The van der Waals surface area contributed by atoms with Gasteiger partial charge < -0.3 is 14.0 Å². The Morgan fingerprint density at radius 1 is 1.21 bits per heavy atom. The molecule has 0 atom stereocenters. The molecule has 0 unspecified atom stereocenters. The highest BCUT2D eigenvalue weighted by molar-refractivity contribution is 9.10. The molecular weight excluding hydrogens is 374 g/mol. The van der Waals surface area contributed by atoms with E-state index in [-0.39, 0.29) is 24.8 Å². The number of hydrogen-bond donors (Lipinski definition) is 0. The molecule has 0 aliphatic rings. The molecule has 0 N–H and O–H groups in total. The lowest BCUT2D eigenvalue weighted by molar-refractivity contribution is -0.140. The maximum absolute atomic E-state index is 12.5. The Balaban J connectivity index is 2.07. The molecule has 2 aromatic rings. The molecule has 0 amide bonds. The fourth-order valence-corrected chi connectivity index (χ4v) is 2.91. The third kappa shape index (κ3) is 4.26. The number of aromatic nitrogens is 1. The minimum Gasteiger partial charge on any atom is -0.484 e. The lowest BCUT2D eigenvalue weighted by Crippen LogP contribution is -2.14. The zero-order chi connectivity index (χ0) is 17.7. The van der Waals surface area contributed by atoms with Crippen molar-refractivity contribution in [2.75, 3.05) is 13.7 Å². The third-order valence-electron chi connectivity index (χ3n) is 3.84. The molecular formula is C18H20BrNO4. The average Bonchev–Trinajstić information content (AvgIpc) is 2.86. The maximum atomic E-state index is 12.5. The van der Waals surface area contributed by atoms with Gasteiger partial charge in [-0.15, -0.1) is 0 Å². The van der Waals surface area contributed by atoms with E-state index in [2.05, 4.69) is 20.7 Å². The van der Waals surface area contributed by atoms with Gasteiger partial charge in [0.2, 0.25) is 5.78 Å². The van der Waals surface area contributed by atoms with Crippen LogP contribution in [0.25, 0.3) is 0 Å². The molecule has 24 heavy (non-hydrogen) atoms. The molecule has 0 fully saturated rings. The van der Waals surface area contributed by atoms with Crippen LogP contribution in [0.1, 0.15) is 28.2 Å². The largest absolute Gasteiger partial charge is 0.484 e. The molecule has 0 aliphatic heterocycles. The van der Waals surface area contributed by atoms with Crippen LogP contribution >= 0.6 is 15.9 Å². The monoisotopic (exact) mass is 393 g/mol. The smallest absolute Gasteiger partial charge is 0.307 e. The summed E-state index contributed by atoms with van der Waals surface area (Å²) in [5.74, 6) is 0.265. The molecule has 0 saturated heterocycles. The minimum atomic E-state index is -0.271. The number of carbonyl (C=O) groups excluding carboxylic acids is 2. The summed E-state index contributed by atoms with van der Waals surface area (Å²) in [7, 11) is 1.37. The van der Waals surface area contributed by atoms with E-state index in [0.717, 1.165) is 15.9 Å². The fourth-order valence-electron chi connectivity index (χ4n) is 2.52. The summed E-state index contributed by atoms with van der Waals surface area (Å²) in [4.78, 5) is 23.8. The molecule has 5 nitrogen and oxygen atoms in total. The molecule has 0 aliphatic carbocycles. The fraction of sp³-hybridized carbons (Fsp3) is 0.333. The van der Waals surface area contributed by atoms with Gasteiger partial charge in [0.15, 0.2) is 6.61 Å². The molecule has 6 heteroatoms. The quantitative estimate of drug-likeness (QED) is 0.531. The lowest BCUT2D eigenvalue weighted by atomic mass is 10.1. The molecule has 1 aromatic carbocycles. The second kappa shape index (κ2) is 8.15. The number of aryl methyl sites for hydroxylation is 1. The molecule has 0 saturated carbocycles. The summed E-state index contributed by atoms with van der Waals surface area (Å²) in [6.07, 6.45) is 0.272. The molecule has 128 valence electrons. The van der Waals surface area contributed by atoms with Crippen molar-refractivity contribution in [3.05, 3.63) is 51.8 Å². The van der Waals surface area contributed by atoms with Crippen molar-refractivity contribution in [3.63, 3.8) is 0 Å². The van der Waals surface area contributed by atoms with E-state index in [1.807, 2.05) is 42.7 Å². The number of ketones is 1. The van der Waals surface area contributed by atoms with E-state index in [4.69, 9.17) is 4.74 Å². The van der Waals surface area contributed by atoms with Crippen molar-refractivity contribution in [3.8, 4) is 5.75 Å². The van der Waals surface area contributed by atoms with Gasteiger partial charge in [0.1, 0.15) is 5.75 Å². The molecule has 2 rings (SSSR count). The Labute approximate surface area is 149 Å². The highest BCUT2D eigenvalue weighted by Gasteiger charge is 2.17. The zero-order valence-corrected chi connectivity index (χ0v) is 15.6. The standard InChI is InChI=1S/C18H20BrNO4/c1-12-10-14(13(2)20(12)9-8-18(22)23-3)16(21)11-24-17-7-5-4-6-15(17)19/h4-7,10H,8-9,11H2,1-3H3. The topological polar surface area (TPSA) is 57.5 Å². The minimum absolute atomic E-state index is 0.0378. The predicted molar refractivity (Wildman–Crippen MR) is 94.5 cm³/mol. The molecule has 0 spiro atoms. The number of methoxy groups -OCH3 is 1. The Kier molecular flexibility index (Phi) is 6.20. The first kappa shape index (κ1) is 18.3. The maximum Gasteiger partial charge on any atom is 0.307 e. The Bertz CT molecular complexity index is 751. The van der Waals surface area contributed by atoms with Crippen molar-refractivity contribution < 1.29 is 19.1 Å². The van der Waals surface area contributed by atoms with Crippen LogP contribution in [0.2, 0.25) is 0 Å². The van der Waals surface area contributed by atoms with Crippen molar-refractivity contribution >= 4 is 27.7 Å². The second-order valence-corrected chi connectivity index (χ2v) is 6.26. The van der Waals surface area contributed by atoms with Crippen LogP contribution in [0.3, 0.4) is 0 Å². The number of hydrogen-bond acceptors (Lipinski definition) is 4. The number of esters is 1. The third-order valence-corrected chi connectivity index (χ3v) is 4.49. The van der Waals surface area contributed by atoms with Crippen LogP contribution < -0.4 is 4.74 Å². The van der Waals surface area contributed by atoms with E-state index >= 15 is 0 Å². The van der Waals surface area contributed by atoms with E-state index < -0.39 is 0 Å². The van der Waals surface area contributed by atoms with Gasteiger partial charge in [-0.1, -0.05) is 12.1 Å². The van der Waals surface area contributed by atoms with Gasteiger partial charge in [0.05, 0.1) is 18.0 Å². The van der Waals surface area contributed by atoms with Crippen LogP contribution in [0.4, 0.5) is 0 Å². The number of nitrogens with zero attached hydrogens (tertiary/aromatic N) is 1. The summed E-state index contributed by atoms with van der Waals surface area (Å²) in [5, 5.41) is 0. The lowest BCUT2D eigenvalue weighted by Gasteiger charge is -2.09. The Morgan fingerprint density at radius 3 is 2.58 bits per heavy atom. The summed E-state index contributed by atoms with van der Waals surface area (Å²) in [6, 6.07) is 9.23. The van der Waals surface area contributed by atoms with Crippen molar-refractivity contribution in [2.45, 2.75) is 26.8 Å². The van der Waals surface area contributed by atoms with Gasteiger partial charge in [-0.05, 0) is 48.0 Å². The first-order chi connectivity index (χ1) is 11.4. The van der Waals surface area contributed by atoms with E-state index in [9.17, 15) is 9.59 Å². The first-order valence-electron chi connectivity index (χ1n) is 7.58. The zero-order valence-electron chi connectivity index (χ0n) is 14.0. The Hall–Kier alpha value is -2.08. The molecule has 0 radical (unpaired) electrons. The van der Waals surface area contributed by atoms with Gasteiger partial charge in [0.25, 0.3) is 0 Å². The van der Waals surface area contributed by atoms with Crippen LogP contribution in [-0.2, 0) is 16.1 Å². The molecule has 1 heterocycles. The van der Waals surface area contributed by atoms with Gasteiger partial charge >= 0.3 is 5.97 Å². The first-order valence-corrected chi connectivity index (χ1v) is 8.37. The van der Waals surface area contributed by atoms with Crippen molar-refractivity contribution in [1.29, 1.82) is 0 Å². The van der Waals surface area contributed by atoms with Crippen LogP contribution in [0.5, 0.6) is 5.75 Å². The van der Waals surface area contributed by atoms with Gasteiger partial charge in [-0.25, -0.2) is 0 Å². The summed E-state index contributed by atoms with van der Waals surface area (Å²) in [6.45, 7) is 4.23. The van der Waals surface area contributed by atoms with E-state index in [0.29, 0.717) is 17.9 Å². The number of rotatable bonds is 7. The summed E-state index contributed by atoms with van der Waals surface area (Å²) >= 11 is 3.39. The normalized spacial score (nSPS) is 10.5. The molecule has 1 aromatic heterocycles. The number of para-hydroxylation sites is 1. The van der Waals surface area contributed by atoms with Crippen LogP contribution in [-0.4, -0.2) is 30.0 Å². The predicted octanol–water partition coefficient (Wildman–Crippen LogP) is 3.69. The number of carbonyl (C=O) groups is 2. The van der Waals surface area contributed by atoms with E-state index in [1.54, 1.807) is 6.07 Å². The summed E-state index contributed by atoms with van der Waals surface area (Å²) in [5.41, 5.74) is 2.38. The highest BCUT2D eigenvalue weighted by atomic mass is 79.9. The van der Waals surface area contributed by atoms with Gasteiger partial charge in [0, 0.05) is 23.5 Å². The average molecular weight is 394 g/mol. The van der Waals surface area contributed by atoms with Crippen molar-refractivity contribution in [2.24, 2.45) is 0 Å². The van der Waals surface area contributed by atoms with Crippen LogP contribution in [0, 0.1) is 13.8 Å². The van der Waals surface area contributed by atoms with Crippen LogP contribution in [0.15, 0.2) is 34.8 Å². The number of halogens is 1. The van der Waals surface area contributed by atoms with Gasteiger partial charge in [-0.3, -0.25) is 9.59 Å². The SMILES string of the molecule is COC(=O)CCn1c(C)cc(C(=O)COc2ccccc2Br)c1C. The van der Waals surface area contributed by atoms with Crippen molar-refractivity contribution in [1.82, 2.24) is 4.57 Å². The number of ether oxygens (including phenoxy) is 2.